The van der Waals surface area contributed by atoms with E-state index < -0.39 is 53.7 Å². The standard InChI is InChI=1S/C38H55N3O7/c1-8-11-16-23-40(22-10-3)36(45)34-38-21-20-29(48-38)31(32(38)35(44)41(34)28(24-42)25(4)5)37(46)47-33(27-17-14-13-15-18-27)26(6)39(7)30(43)19-12-9-2/h9-10,13-15,17-18,25-26,28-29,31-34,42H,2-3,8,11-12,16,19-24H2,1,4-7H3/t26-,28-,29-,31+,32+,33+,34-,38+/m0/s1. The maximum absolute atomic E-state index is 14.6. The van der Waals surface area contributed by atoms with Crippen LogP contribution in [-0.2, 0) is 28.7 Å². The summed E-state index contributed by atoms with van der Waals surface area (Å²) in [6, 6.07) is 7.14. The number of rotatable bonds is 18. The summed E-state index contributed by atoms with van der Waals surface area (Å²) in [5.74, 6) is -3.33. The molecule has 3 aliphatic rings. The van der Waals surface area contributed by atoms with Crippen LogP contribution in [0.15, 0.2) is 55.6 Å². The third-order valence-corrected chi connectivity index (χ3v) is 10.6. The molecule has 3 saturated heterocycles. The molecule has 2 bridgehead atoms. The van der Waals surface area contributed by atoms with Gasteiger partial charge >= 0.3 is 5.97 Å². The van der Waals surface area contributed by atoms with Crippen LogP contribution in [0, 0.1) is 17.8 Å². The van der Waals surface area contributed by atoms with Crippen molar-refractivity contribution in [3.8, 4) is 0 Å². The Morgan fingerprint density at radius 3 is 2.46 bits per heavy atom. The fourth-order valence-electron chi connectivity index (χ4n) is 7.91. The quantitative estimate of drug-likeness (QED) is 0.138. The van der Waals surface area contributed by atoms with Crippen molar-refractivity contribution >= 4 is 23.7 Å². The highest BCUT2D eigenvalue weighted by atomic mass is 16.6. The van der Waals surface area contributed by atoms with E-state index in [1.807, 2.05) is 51.1 Å². The fourth-order valence-corrected chi connectivity index (χ4v) is 7.91. The molecule has 10 heteroatoms. The first kappa shape index (κ1) is 37.3. The Labute approximate surface area is 286 Å². The molecule has 3 fully saturated rings. The van der Waals surface area contributed by atoms with Crippen LogP contribution in [0.1, 0.15) is 84.3 Å². The average molecular weight is 666 g/mol. The number of aliphatic hydroxyl groups is 1. The van der Waals surface area contributed by atoms with Gasteiger partial charge in [-0.1, -0.05) is 76.1 Å². The fraction of sp³-hybridized carbons (Fsp3) is 0.632. The van der Waals surface area contributed by atoms with E-state index in [1.165, 1.54) is 4.90 Å². The van der Waals surface area contributed by atoms with Gasteiger partial charge in [0.1, 0.15) is 17.7 Å². The van der Waals surface area contributed by atoms with E-state index in [9.17, 15) is 24.3 Å². The van der Waals surface area contributed by atoms with Crippen LogP contribution < -0.4 is 0 Å². The van der Waals surface area contributed by atoms with Gasteiger partial charge in [0.2, 0.25) is 17.7 Å². The minimum Gasteiger partial charge on any atom is -0.455 e. The minimum atomic E-state index is -1.22. The number of likely N-dealkylation sites (N-methyl/N-ethyl adjacent to an activating group) is 1. The first-order valence-electron chi connectivity index (χ1n) is 17.6. The molecule has 3 amide bonds. The van der Waals surface area contributed by atoms with E-state index in [1.54, 1.807) is 29.0 Å². The Hall–Kier alpha value is -3.50. The number of amides is 3. The normalized spacial score (nSPS) is 26.1. The van der Waals surface area contributed by atoms with E-state index in [-0.39, 0.29) is 36.7 Å². The van der Waals surface area contributed by atoms with Crippen molar-refractivity contribution in [2.24, 2.45) is 17.8 Å². The molecule has 4 rings (SSSR count). The van der Waals surface area contributed by atoms with Gasteiger partial charge in [-0.2, -0.15) is 0 Å². The Morgan fingerprint density at radius 2 is 1.85 bits per heavy atom. The van der Waals surface area contributed by atoms with Crippen molar-refractivity contribution in [3.05, 3.63) is 61.2 Å². The van der Waals surface area contributed by atoms with Crippen LogP contribution in [0.25, 0.3) is 0 Å². The number of esters is 1. The van der Waals surface area contributed by atoms with Crippen LogP contribution in [0.3, 0.4) is 0 Å². The van der Waals surface area contributed by atoms with Crippen LogP contribution >= 0.6 is 0 Å². The van der Waals surface area contributed by atoms with Crippen molar-refractivity contribution in [2.45, 2.75) is 109 Å². The van der Waals surface area contributed by atoms with Gasteiger partial charge in [0.25, 0.3) is 0 Å². The second-order valence-electron chi connectivity index (χ2n) is 13.9. The van der Waals surface area contributed by atoms with Crippen molar-refractivity contribution in [1.82, 2.24) is 14.7 Å². The maximum atomic E-state index is 14.6. The van der Waals surface area contributed by atoms with Gasteiger partial charge in [-0.3, -0.25) is 19.2 Å². The molecular formula is C38H55N3O7. The number of likely N-dealkylation sites (tertiary alicyclic amines) is 1. The summed E-state index contributed by atoms with van der Waals surface area (Å²) in [6.45, 7) is 15.8. The number of nitrogens with zero attached hydrogens (tertiary/aromatic N) is 3. The second kappa shape index (κ2) is 16.3. The number of hydrogen-bond donors (Lipinski definition) is 1. The molecule has 0 saturated carbocycles. The van der Waals surface area contributed by atoms with Gasteiger partial charge in [-0.15, -0.1) is 13.2 Å². The highest BCUT2D eigenvalue weighted by Gasteiger charge is 2.76. The number of allylic oxidation sites excluding steroid dienone is 1. The van der Waals surface area contributed by atoms with Crippen LogP contribution in [0.5, 0.6) is 0 Å². The van der Waals surface area contributed by atoms with Crippen molar-refractivity contribution in [2.75, 3.05) is 26.7 Å². The van der Waals surface area contributed by atoms with Crippen molar-refractivity contribution in [3.63, 3.8) is 0 Å². The zero-order valence-electron chi connectivity index (χ0n) is 29.4. The predicted molar refractivity (Wildman–Crippen MR) is 183 cm³/mol. The summed E-state index contributed by atoms with van der Waals surface area (Å²) in [5.41, 5.74) is -0.499. The second-order valence-corrected chi connectivity index (χ2v) is 13.9. The summed E-state index contributed by atoms with van der Waals surface area (Å²) in [6.07, 6.45) is 6.48. The van der Waals surface area contributed by atoms with Gasteiger partial charge in [0.15, 0.2) is 0 Å². The minimum absolute atomic E-state index is 0.101. The number of hydrogen-bond acceptors (Lipinski definition) is 7. The zero-order valence-corrected chi connectivity index (χ0v) is 29.4. The molecule has 8 atom stereocenters. The number of benzene rings is 1. The molecule has 0 radical (unpaired) electrons. The molecule has 1 spiro atoms. The predicted octanol–water partition coefficient (Wildman–Crippen LogP) is 4.68. The van der Waals surface area contributed by atoms with Gasteiger partial charge in [-0.25, -0.2) is 0 Å². The SMILES string of the molecule is C=CCCC(=O)N(C)[C@@H](C)[C@@H](OC(=O)[C@@H]1[C@@H]2CC[C@]3(O2)[C@H](C(=O)N(CC=C)CCCCC)N([C@@H](CO)C(C)C)C(=O)[C@@H]13)c1ccccc1. The summed E-state index contributed by atoms with van der Waals surface area (Å²) in [7, 11) is 1.69. The first-order valence-corrected chi connectivity index (χ1v) is 17.6. The lowest BCUT2D eigenvalue weighted by Crippen LogP contribution is -2.59. The smallest absolute Gasteiger partial charge is 0.313 e. The van der Waals surface area contributed by atoms with E-state index in [2.05, 4.69) is 20.1 Å². The Balaban J connectivity index is 1.71. The molecule has 264 valence electrons. The highest BCUT2D eigenvalue weighted by Crippen LogP contribution is 2.59. The topological polar surface area (TPSA) is 117 Å². The lowest BCUT2D eigenvalue weighted by atomic mass is 9.70. The number of carbonyl (C=O) groups is 4. The molecule has 1 aromatic carbocycles. The monoisotopic (exact) mass is 665 g/mol. The van der Waals surface area contributed by atoms with E-state index >= 15 is 0 Å². The van der Waals surface area contributed by atoms with E-state index in [0.717, 1.165) is 24.8 Å². The van der Waals surface area contributed by atoms with Crippen molar-refractivity contribution in [1.29, 1.82) is 0 Å². The number of unbranched alkanes of at least 4 members (excludes halogenated alkanes) is 2. The summed E-state index contributed by atoms with van der Waals surface area (Å²) < 4.78 is 13.0. The molecule has 48 heavy (non-hydrogen) atoms. The van der Waals surface area contributed by atoms with Crippen LogP contribution in [-0.4, -0.2) is 100 Å². The number of fused-ring (bicyclic) bond motifs is 1. The molecule has 0 aromatic heterocycles. The number of aliphatic hydroxyl groups excluding tert-OH is 1. The zero-order chi connectivity index (χ0) is 35.2. The molecule has 0 aliphatic carbocycles. The average Bonchev–Trinajstić information content (AvgIpc) is 3.73. The summed E-state index contributed by atoms with van der Waals surface area (Å²) >= 11 is 0. The third-order valence-electron chi connectivity index (χ3n) is 10.6. The largest absolute Gasteiger partial charge is 0.455 e. The Kier molecular flexibility index (Phi) is 12.6. The molecule has 10 nitrogen and oxygen atoms in total. The Morgan fingerprint density at radius 1 is 1.15 bits per heavy atom. The van der Waals surface area contributed by atoms with Gasteiger partial charge in [0.05, 0.1) is 36.6 Å². The lowest BCUT2D eigenvalue weighted by molar-refractivity contribution is -0.165. The van der Waals surface area contributed by atoms with Crippen LogP contribution in [0.4, 0.5) is 0 Å². The van der Waals surface area contributed by atoms with Crippen LogP contribution in [0.2, 0.25) is 0 Å². The number of carbonyl (C=O) groups excluding carboxylic acids is 4. The maximum Gasteiger partial charge on any atom is 0.313 e. The lowest BCUT2D eigenvalue weighted by Gasteiger charge is -2.40. The van der Waals surface area contributed by atoms with Gasteiger partial charge < -0.3 is 29.3 Å². The summed E-state index contributed by atoms with van der Waals surface area (Å²) in [5, 5.41) is 10.5. The molecule has 3 heterocycles. The molecular weight excluding hydrogens is 610 g/mol. The number of ether oxygens (including phenoxy) is 2. The van der Waals surface area contributed by atoms with Crippen molar-refractivity contribution < 1.29 is 33.8 Å². The summed E-state index contributed by atoms with van der Waals surface area (Å²) in [4.78, 5) is 61.4. The third kappa shape index (κ3) is 7.10. The van der Waals surface area contributed by atoms with Gasteiger partial charge in [0, 0.05) is 26.6 Å². The van der Waals surface area contributed by atoms with E-state index in [4.69, 9.17) is 9.47 Å². The first-order chi connectivity index (χ1) is 23.0. The Bertz CT molecular complexity index is 1320. The molecule has 1 N–H and O–H groups in total. The van der Waals surface area contributed by atoms with E-state index in [0.29, 0.717) is 32.4 Å². The molecule has 1 aromatic rings. The highest BCUT2D eigenvalue weighted by molar-refractivity contribution is 5.98. The molecule has 0 unspecified atom stereocenters. The van der Waals surface area contributed by atoms with Gasteiger partial charge in [-0.05, 0) is 44.1 Å². The molecule has 3 aliphatic heterocycles.